The number of anilines is 1. The molecule has 0 radical (unpaired) electrons. The van der Waals surface area contributed by atoms with Crippen molar-refractivity contribution < 1.29 is 37.4 Å². The number of likely N-dealkylation sites (tertiary alicyclic amines) is 1. The van der Waals surface area contributed by atoms with Gasteiger partial charge >= 0.3 is 24.7 Å². The van der Waals surface area contributed by atoms with E-state index in [1.54, 1.807) is 6.07 Å². The van der Waals surface area contributed by atoms with E-state index in [1.807, 2.05) is 30.3 Å². The number of cyclic esters (lactones) is 1. The maximum atomic E-state index is 12.7. The maximum absolute atomic E-state index is 12.7. The number of alkyl halides is 2. The van der Waals surface area contributed by atoms with Crippen molar-refractivity contribution in [3.63, 3.8) is 0 Å². The number of hydrogen-bond donors (Lipinski definition) is 1. The first-order valence-electron chi connectivity index (χ1n) is 11.2. The second-order valence-corrected chi connectivity index (χ2v) is 8.12. The van der Waals surface area contributed by atoms with Crippen LogP contribution in [0.5, 0.6) is 5.75 Å². The number of piperidine rings is 1. The summed E-state index contributed by atoms with van der Waals surface area (Å²) in [6.45, 7) is -2.42. The topological polar surface area (TPSA) is 97.4 Å². The second-order valence-electron chi connectivity index (χ2n) is 8.12. The van der Waals surface area contributed by atoms with E-state index in [1.165, 1.54) is 28.0 Å². The molecule has 9 nitrogen and oxygen atoms in total. The maximum Gasteiger partial charge on any atom is 0.410 e. The molecule has 2 aliphatic rings. The monoisotopic (exact) mass is 489 g/mol. The molecule has 0 saturated carbocycles. The van der Waals surface area contributed by atoms with Crippen molar-refractivity contribution >= 4 is 23.8 Å². The van der Waals surface area contributed by atoms with Crippen LogP contribution in [0.15, 0.2) is 54.6 Å². The quantitative estimate of drug-likeness (QED) is 0.594. The molecule has 0 spiro atoms. The number of amides is 3. The lowest BCUT2D eigenvalue weighted by molar-refractivity contribution is -0.150. The molecule has 0 aliphatic carbocycles. The lowest BCUT2D eigenvalue weighted by Crippen LogP contribution is -2.52. The minimum atomic E-state index is -3.02. The lowest BCUT2D eigenvalue weighted by Gasteiger charge is -2.37. The molecule has 3 amide bonds. The van der Waals surface area contributed by atoms with Gasteiger partial charge in [0.05, 0.1) is 5.69 Å². The van der Waals surface area contributed by atoms with E-state index in [0.717, 1.165) is 5.56 Å². The summed E-state index contributed by atoms with van der Waals surface area (Å²) in [5, 5.41) is 2.59. The van der Waals surface area contributed by atoms with Crippen LogP contribution in [0.25, 0.3) is 0 Å². The van der Waals surface area contributed by atoms with Gasteiger partial charge in [0.1, 0.15) is 19.0 Å². The number of carbonyl (C=O) groups is 3. The SMILES string of the molecule is O=C(OCc1ccccc1)[C@@H]1COC(=O)N1C1CCN(C(=O)Nc2ccccc2OC(F)F)CC1. The fourth-order valence-corrected chi connectivity index (χ4v) is 4.15. The minimum absolute atomic E-state index is 0.0892. The van der Waals surface area contributed by atoms with Crippen molar-refractivity contribution in [3.8, 4) is 5.75 Å². The molecule has 0 aromatic heterocycles. The minimum Gasteiger partial charge on any atom is -0.459 e. The Morgan fingerprint density at radius 3 is 2.46 bits per heavy atom. The molecule has 186 valence electrons. The fourth-order valence-electron chi connectivity index (χ4n) is 4.15. The number of rotatable bonds is 7. The number of para-hydroxylation sites is 2. The molecule has 1 N–H and O–H groups in total. The number of halogens is 2. The molecule has 35 heavy (non-hydrogen) atoms. The number of hydrogen-bond acceptors (Lipinski definition) is 6. The summed E-state index contributed by atoms with van der Waals surface area (Å²) in [7, 11) is 0. The highest BCUT2D eigenvalue weighted by Gasteiger charge is 2.44. The third-order valence-corrected chi connectivity index (χ3v) is 5.90. The zero-order valence-electron chi connectivity index (χ0n) is 18.8. The summed E-state index contributed by atoms with van der Waals surface area (Å²) in [5.74, 6) is -0.682. The number of nitrogens with zero attached hydrogens (tertiary/aromatic N) is 2. The average molecular weight is 489 g/mol. The van der Waals surface area contributed by atoms with E-state index in [2.05, 4.69) is 10.1 Å². The van der Waals surface area contributed by atoms with E-state index in [9.17, 15) is 23.2 Å². The highest BCUT2D eigenvalue weighted by atomic mass is 19.3. The van der Waals surface area contributed by atoms with Crippen LogP contribution < -0.4 is 10.1 Å². The Balaban J connectivity index is 1.32. The number of ether oxygens (including phenoxy) is 3. The Kier molecular flexibility index (Phi) is 7.64. The molecule has 0 unspecified atom stereocenters. The highest BCUT2D eigenvalue weighted by Crippen LogP contribution is 2.28. The third-order valence-electron chi connectivity index (χ3n) is 5.90. The Labute approximate surface area is 200 Å². The molecular weight excluding hydrogens is 464 g/mol. The molecule has 2 fully saturated rings. The number of nitrogens with one attached hydrogen (secondary N) is 1. The van der Waals surface area contributed by atoms with Crippen molar-refractivity contribution in [3.05, 3.63) is 60.2 Å². The predicted molar refractivity (Wildman–Crippen MR) is 120 cm³/mol. The molecule has 11 heteroatoms. The fraction of sp³-hybridized carbons (Fsp3) is 0.375. The van der Waals surface area contributed by atoms with Crippen LogP contribution in [0.1, 0.15) is 18.4 Å². The van der Waals surface area contributed by atoms with Crippen molar-refractivity contribution in [2.24, 2.45) is 0 Å². The number of carbonyl (C=O) groups excluding carboxylic acids is 3. The predicted octanol–water partition coefficient (Wildman–Crippen LogP) is 3.85. The van der Waals surface area contributed by atoms with Crippen LogP contribution in [0.2, 0.25) is 0 Å². The number of urea groups is 1. The number of esters is 1. The van der Waals surface area contributed by atoms with Crippen LogP contribution in [0.4, 0.5) is 24.1 Å². The molecule has 2 heterocycles. The first-order valence-corrected chi connectivity index (χ1v) is 11.2. The molecule has 2 aliphatic heterocycles. The Morgan fingerprint density at radius 2 is 1.74 bits per heavy atom. The molecule has 1 atom stereocenters. The summed E-state index contributed by atoms with van der Waals surface area (Å²) in [6.07, 6.45) is 0.244. The van der Waals surface area contributed by atoms with Gasteiger partial charge in [-0.25, -0.2) is 14.4 Å². The van der Waals surface area contributed by atoms with Gasteiger partial charge in [-0.3, -0.25) is 4.90 Å². The van der Waals surface area contributed by atoms with Crippen molar-refractivity contribution in [2.45, 2.75) is 38.1 Å². The van der Waals surface area contributed by atoms with Crippen LogP contribution in [0, 0.1) is 0 Å². The summed E-state index contributed by atoms with van der Waals surface area (Å²) in [5.41, 5.74) is 0.960. The smallest absolute Gasteiger partial charge is 0.410 e. The number of benzene rings is 2. The zero-order chi connectivity index (χ0) is 24.8. The Morgan fingerprint density at radius 1 is 1.06 bits per heavy atom. The molecule has 4 rings (SSSR count). The van der Waals surface area contributed by atoms with Crippen molar-refractivity contribution in [1.29, 1.82) is 0 Å². The Hall–Kier alpha value is -3.89. The second kappa shape index (κ2) is 11.0. The average Bonchev–Trinajstić information content (AvgIpc) is 3.25. The standard InChI is InChI=1S/C24H25F2N3O6/c25-22(26)35-20-9-5-4-8-18(20)27-23(31)28-12-10-17(11-13-28)29-19(15-34-24(29)32)21(30)33-14-16-6-2-1-3-7-16/h1-9,17,19,22H,10-15H2,(H,27,31)/t19-/m0/s1. The van der Waals surface area contributed by atoms with Gasteiger partial charge in [-0.05, 0) is 30.5 Å². The summed E-state index contributed by atoms with van der Waals surface area (Å²) < 4.78 is 40.2. The van der Waals surface area contributed by atoms with Gasteiger partial charge in [-0.1, -0.05) is 42.5 Å². The largest absolute Gasteiger partial charge is 0.459 e. The summed E-state index contributed by atoms with van der Waals surface area (Å²) in [6, 6.07) is 13.5. The van der Waals surface area contributed by atoms with Gasteiger partial charge in [0.2, 0.25) is 0 Å². The van der Waals surface area contributed by atoms with Crippen molar-refractivity contribution in [1.82, 2.24) is 9.80 Å². The molecule has 2 saturated heterocycles. The van der Waals surface area contributed by atoms with Gasteiger partial charge in [0.25, 0.3) is 0 Å². The van der Waals surface area contributed by atoms with E-state index >= 15 is 0 Å². The van der Waals surface area contributed by atoms with Crippen LogP contribution in [-0.2, 0) is 20.9 Å². The first-order chi connectivity index (χ1) is 16.9. The third kappa shape index (κ3) is 5.97. The lowest BCUT2D eigenvalue weighted by atomic mass is 10.0. The van der Waals surface area contributed by atoms with E-state index in [-0.39, 0.29) is 30.7 Å². The first kappa shape index (κ1) is 24.2. The van der Waals surface area contributed by atoms with Gasteiger partial charge in [-0.15, -0.1) is 0 Å². The van der Waals surface area contributed by atoms with Gasteiger partial charge in [-0.2, -0.15) is 8.78 Å². The van der Waals surface area contributed by atoms with E-state index < -0.39 is 30.7 Å². The van der Waals surface area contributed by atoms with Gasteiger partial charge in [0, 0.05) is 19.1 Å². The molecule has 2 aromatic carbocycles. The Bertz CT molecular complexity index is 1050. The highest BCUT2D eigenvalue weighted by molar-refractivity contribution is 5.91. The molecular formula is C24H25F2N3O6. The van der Waals surface area contributed by atoms with E-state index in [0.29, 0.717) is 25.9 Å². The summed E-state index contributed by atoms with van der Waals surface area (Å²) in [4.78, 5) is 40.6. The van der Waals surface area contributed by atoms with Crippen LogP contribution in [-0.4, -0.2) is 66.3 Å². The summed E-state index contributed by atoms with van der Waals surface area (Å²) >= 11 is 0. The van der Waals surface area contributed by atoms with E-state index in [4.69, 9.17) is 9.47 Å². The molecule has 2 aromatic rings. The van der Waals surface area contributed by atoms with Crippen LogP contribution >= 0.6 is 0 Å². The van der Waals surface area contributed by atoms with Gasteiger partial charge in [0.15, 0.2) is 6.04 Å². The van der Waals surface area contributed by atoms with Crippen LogP contribution in [0.3, 0.4) is 0 Å². The molecule has 0 bridgehead atoms. The van der Waals surface area contributed by atoms with Crippen molar-refractivity contribution in [2.75, 3.05) is 25.0 Å². The zero-order valence-corrected chi connectivity index (χ0v) is 18.8. The van der Waals surface area contributed by atoms with Gasteiger partial charge < -0.3 is 24.4 Å². The normalized spacial score (nSPS) is 18.4.